The number of aromatic nitrogens is 4. The molecule has 2 aromatic heterocycles. The lowest BCUT2D eigenvalue weighted by Crippen LogP contribution is -2.28. The second-order valence-corrected chi connectivity index (χ2v) is 8.29. The molecule has 30 heavy (non-hydrogen) atoms. The van der Waals surface area contributed by atoms with Gasteiger partial charge in [0.15, 0.2) is 12.4 Å². The lowest BCUT2D eigenvalue weighted by molar-refractivity contribution is -0.123. The van der Waals surface area contributed by atoms with Crippen LogP contribution in [0.25, 0.3) is 15.5 Å². The first-order chi connectivity index (χ1) is 14.5. The molecule has 7 nitrogen and oxygen atoms in total. The largest absolute Gasteiger partial charge is 0.484 e. The third-order valence-electron chi connectivity index (χ3n) is 4.75. The highest BCUT2D eigenvalue weighted by Crippen LogP contribution is 2.25. The van der Waals surface area contributed by atoms with Crippen LogP contribution in [0.1, 0.15) is 36.7 Å². The number of carbonyl (C=O) groups excluding carboxylic acids is 1. The molecule has 0 aliphatic carbocycles. The quantitative estimate of drug-likeness (QED) is 0.488. The average Bonchev–Trinajstić information content (AvgIpc) is 3.33. The summed E-state index contributed by atoms with van der Waals surface area (Å²) in [4.78, 5) is 12.9. The second-order valence-electron chi connectivity index (χ2n) is 7.33. The van der Waals surface area contributed by atoms with E-state index in [4.69, 9.17) is 4.74 Å². The third-order valence-corrected chi connectivity index (χ3v) is 5.70. The van der Waals surface area contributed by atoms with Gasteiger partial charge in [-0.15, -0.1) is 10.2 Å². The van der Waals surface area contributed by atoms with Gasteiger partial charge in [-0.3, -0.25) is 4.79 Å². The van der Waals surface area contributed by atoms with E-state index < -0.39 is 0 Å². The predicted molar refractivity (Wildman–Crippen MR) is 117 cm³/mol. The first kappa shape index (κ1) is 20.0. The molecule has 1 amide bonds. The predicted octanol–water partition coefficient (Wildman–Crippen LogP) is 3.98. The summed E-state index contributed by atoms with van der Waals surface area (Å²) in [6.45, 7) is 6.59. The van der Waals surface area contributed by atoms with Gasteiger partial charge in [0.1, 0.15) is 10.8 Å². The van der Waals surface area contributed by atoms with Crippen molar-refractivity contribution < 1.29 is 9.53 Å². The van der Waals surface area contributed by atoms with Crippen molar-refractivity contribution in [1.29, 1.82) is 0 Å². The smallest absolute Gasteiger partial charge is 0.258 e. The van der Waals surface area contributed by atoms with Crippen molar-refractivity contribution in [3.8, 4) is 16.3 Å². The van der Waals surface area contributed by atoms with Gasteiger partial charge in [0.2, 0.25) is 4.96 Å². The Labute approximate surface area is 178 Å². The zero-order valence-corrected chi connectivity index (χ0v) is 17.9. The maximum absolute atomic E-state index is 12.1. The average molecular weight is 422 g/mol. The Morgan fingerprint density at radius 1 is 1.10 bits per heavy atom. The molecule has 0 unspecified atom stereocenters. The summed E-state index contributed by atoms with van der Waals surface area (Å²) in [5.74, 6) is 1.78. The second kappa shape index (κ2) is 8.62. The van der Waals surface area contributed by atoms with Crippen LogP contribution in [0.4, 0.5) is 0 Å². The topological polar surface area (TPSA) is 81.4 Å². The highest BCUT2D eigenvalue weighted by molar-refractivity contribution is 7.19. The molecule has 0 spiro atoms. The van der Waals surface area contributed by atoms with Crippen LogP contribution in [0.5, 0.6) is 5.75 Å². The van der Waals surface area contributed by atoms with Gasteiger partial charge in [-0.25, -0.2) is 0 Å². The molecule has 4 aromatic rings. The molecule has 0 fully saturated rings. The van der Waals surface area contributed by atoms with Crippen molar-refractivity contribution in [3.05, 3.63) is 65.5 Å². The number of nitrogens with one attached hydrogen (secondary N) is 1. The first-order valence-electron chi connectivity index (χ1n) is 9.77. The van der Waals surface area contributed by atoms with Crippen molar-refractivity contribution in [2.45, 2.75) is 33.2 Å². The minimum Gasteiger partial charge on any atom is -0.484 e. The summed E-state index contributed by atoms with van der Waals surface area (Å²) in [6, 6.07) is 15.8. The molecule has 0 atom stereocenters. The third kappa shape index (κ3) is 4.49. The van der Waals surface area contributed by atoms with Gasteiger partial charge in [0.25, 0.3) is 5.91 Å². The summed E-state index contributed by atoms with van der Waals surface area (Å²) in [5, 5.41) is 16.4. The number of amides is 1. The Morgan fingerprint density at radius 3 is 2.50 bits per heavy atom. The molecule has 8 heteroatoms. The molecular formula is C22H23N5O2S. The number of aryl methyl sites for hydroxylation is 1. The summed E-state index contributed by atoms with van der Waals surface area (Å²) in [7, 11) is 0. The van der Waals surface area contributed by atoms with Crippen molar-refractivity contribution in [1.82, 2.24) is 25.1 Å². The number of rotatable bonds is 7. The van der Waals surface area contributed by atoms with Gasteiger partial charge < -0.3 is 10.1 Å². The van der Waals surface area contributed by atoms with Gasteiger partial charge in [0, 0.05) is 12.1 Å². The van der Waals surface area contributed by atoms with Gasteiger partial charge in [-0.05, 0) is 36.1 Å². The number of benzene rings is 2. The van der Waals surface area contributed by atoms with E-state index >= 15 is 0 Å². The Bertz CT molecular complexity index is 1150. The number of ether oxygens (including phenoxy) is 1. The molecular weight excluding hydrogens is 398 g/mol. The van der Waals surface area contributed by atoms with E-state index in [0.29, 0.717) is 18.2 Å². The van der Waals surface area contributed by atoms with Crippen LogP contribution in [0.15, 0.2) is 48.5 Å². The fraction of sp³-hybridized carbons (Fsp3) is 0.273. The Morgan fingerprint density at radius 2 is 1.83 bits per heavy atom. The zero-order chi connectivity index (χ0) is 21.1. The molecule has 0 aliphatic heterocycles. The van der Waals surface area contributed by atoms with Crippen LogP contribution < -0.4 is 10.1 Å². The number of fused-ring (bicyclic) bond motifs is 1. The van der Waals surface area contributed by atoms with Crippen LogP contribution in [0, 0.1) is 6.92 Å². The maximum atomic E-state index is 12.1. The Hall–Kier alpha value is -3.26. The summed E-state index contributed by atoms with van der Waals surface area (Å²) in [6.07, 6.45) is 0. The molecule has 0 saturated carbocycles. The SMILES string of the molecule is Cc1nnc2sc(-c3ccc(CNC(=O)COc4ccc(C(C)C)cc4)cc3)nn12. The van der Waals surface area contributed by atoms with E-state index in [2.05, 4.69) is 34.5 Å². The van der Waals surface area contributed by atoms with E-state index in [0.717, 1.165) is 26.9 Å². The van der Waals surface area contributed by atoms with Crippen LogP contribution in [0.2, 0.25) is 0 Å². The summed E-state index contributed by atoms with van der Waals surface area (Å²) >= 11 is 1.49. The van der Waals surface area contributed by atoms with Crippen LogP contribution in [-0.2, 0) is 11.3 Å². The first-order valence-corrected chi connectivity index (χ1v) is 10.6. The van der Waals surface area contributed by atoms with Crippen molar-refractivity contribution in [2.24, 2.45) is 0 Å². The Kier molecular flexibility index (Phi) is 5.76. The summed E-state index contributed by atoms with van der Waals surface area (Å²) < 4.78 is 7.31. The maximum Gasteiger partial charge on any atom is 0.258 e. The van der Waals surface area contributed by atoms with Gasteiger partial charge in [0.05, 0.1) is 0 Å². The molecule has 2 aromatic carbocycles. The molecule has 0 bridgehead atoms. The zero-order valence-electron chi connectivity index (χ0n) is 17.1. The molecule has 2 heterocycles. The minimum atomic E-state index is -0.156. The van der Waals surface area contributed by atoms with Crippen LogP contribution in [-0.4, -0.2) is 32.3 Å². The number of carbonyl (C=O) groups is 1. The van der Waals surface area contributed by atoms with Gasteiger partial charge in [-0.1, -0.05) is 61.6 Å². The lowest BCUT2D eigenvalue weighted by Gasteiger charge is -2.09. The molecule has 0 saturated heterocycles. The number of hydrogen-bond acceptors (Lipinski definition) is 6. The highest BCUT2D eigenvalue weighted by atomic mass is 32.1. The van der Waals surface area contributed by atoms with Crippen molar-refractivity contribution in [3.63, 3.8) is 0 Å². The van der Waals surface area contributed by atoms with E-state index in [1.807, 2.05) is 55.5 Å². The van der Waals surface area contributed by atoms with Crippen LogP contribution >= 0.6 is 11.3 Å². The monoisotopic (exact) mass is 421 g/mol. The fourth-order valence-corrected chi connectivity index (χ4v) is 3.84. The fourth-order valence-electron chi connectivity index (χ4n) is 2.95. The summed E-state index contributed by atoms with van der Waals surface area (Å²) in [5.41, 5.74) is 3.26. The molecule has 1 N–H and O–H groups in total. The van der Waals surface area contributed by atoms with E-state index in [9.17, 15) is 4.79 Å². The minimum absolute atomic E-state index is 0.00853. The van der Waals surface area contributed by atoms with E-state index in [1.165, 1.54) is 16.9 Å². The van der Waals surface area contributed by atoms with E-state index in [1.54, 1.807) is 4.52 Å². The van der Waals surface area contributed by atoms with Crippen molar-refractivity contribution >= 4 is 22.2 Å². The highest BCUT2D eigenvalue weighted by Gasteiger charge is 2.10. The molecule has 0 aliphatic rings. The lowest BCUT2D eigenvalue weighted by atomic mass is 10.0. The van der Waals surface area contributed by atoms with Gasteiger partial charge >= 0.3 is 0 Å². The normalized spacial score (nSPS) is 11.2. The van der Waals surface area contributed by atoms with Crippen molar-refractivity contribution in [2.75, 3.05) is 6.61 Å². The number of hydrogen-bond donors (Lipinski definition) is 1. The molecule has 0 radical (unpaired) electrons. The molecule has 154 valence electrons. The molecule has 4 rings (SSSR count). The Balaban J connectivity index is 1.28. The van der Waals surface area contributed by atoms with Gasteiger partial charge in [-0.2, -0.15) is 9.61 Å². The number of nitrogens with zero attached hydrogens (tertiary/aromatic N) is 4. The standard InChI is InChI=1S/C22H23N5O2S/c1-14(2)17-8-10-19(11-9-17)29-13-20(28)23-12-16-4-6-18(7-5-16)21-26-27-15(3)24-25-22(27)30-21/h4-11,14H,12-13H2,1-3H3,(H,23,28). The van der Waals surface area contributed by atoms with E-state index in [-0.39, 0.29) is 12.5 Å². The van der Waals surface area contributed by atoms with Crippen LogP contribution in [0.3, 0.4) is 0 Å².